The van der Waals surface area contributed by atoms with Gasteiger partial charge in [-0.3, -0.25) is 10.2 Å². The molecule has 104 valence electrons. The zero-order chi connectivity index (χ0) is 13.5. The highest BCUT2D eigenvalue weighted by molar-refractivity contribution is 6.02. The molecule has 3 fully saturated rings. The lowest BCUT2D eigenvalue weighted by Gasteiger charge is -2.43. The van der Waals surface area contributed by atoms with E-state index in [0.29, 0.717) is 24.1 Å². The van der Waals surface area contributed by atoms with E-state index in [0.717, 1.165) is 32.1 Å². The average molecular weight is 262 g/mol. The van der Waals surface area contributed by atoms with Crippen molar-refractivity contribution in [2.24, 2.45) is 11.1 Å². The summed E-state index contributed by atoms with van der Waals surface area (Å²) in [5, 5.41) is 11.2. The highest BCUT2D eigenvalue weighted by atomic mass is 16.2. The van der Waals surface area contributed by atoms with Crippen LogP contribution < -0.4 is 11.1 Å². The monoisotopic (exact) mass is 262 g/mol. The molecular weight excluding hydrogens is 240 g/mol. The summed E-state index contributed by atoms with van der Waals surface area (Å²) in [4.78, 5) is 14.5. The number of nitrogens with zero attached hydrogens (tertiary/aromatic N) is 1. The SMILES string of the molecule is N=C1/C(=C\N)NC(=O)C2(CCC2)CN1C1CCCC1. The van der Waals surface area contributed by atoms with Crippen molar-refractivity contribution in [1.29, 1.82) is 5.41 Å². The van der Waals surface area contributed by atoms with Gasteiger partial charge in [0, 0.05) is 18.8 Å². The van der Waals surface area contributed by atoms with Crippen LogP contribution in [0.25, 0.3) is 0 Å². The second-order valence-electron chi connectivity index (χ2n) is 6.08. The molecule has 5 nitrogen and oxygen atoms in total. The van der Waals surface area contributed by atoms with Crippen molar-refractivity contribution in [2.45, 2.75) is 51.0 Å². The molecule has 5 heteroatoms. The second-order valence-corrected chi connectivity index (χ2v) is 6.08. The second kappa shape index (κ2) is 4.54. The van der Waals surface area contributed by atoms with Crippen LogP contribution in [0, 0.1) is 10.8 Å². The van der Waals surface area contributed by atoms with Crippen LogP contribution in [0.1, 0.15) is 44.9 Å². The third kappa shape index (κ3) is 1.91. The van der Waals surface area contributed by atoms with Gasteiger partial charge in [-0.1, -0.05) is 19.3 Å². The molecule has 3 rings (SSSR count). The van der Waals surface area contributed by atoms with Gasteiger partial charge in [0.1, 0.15) is 5.84 Å². The molecule has 19 heavy (non-hydrogen) atoms. The van der Waals surface area contributed by atoms with Gasteiger partial charge in [-0.05, 0) is 25.7 Å². The van der Waals surface area contributed by atoms with E-state index in [2.05, 4.69) is 10.2 Å². The molecule has 2 saturated carbocycles. The molecule has 0 atom stereocenters. The van der Waals surface area contributed by atoms with Gasteiger partial charge in [0.25, 0.3) is 0 Å². The number of rotatable bonds is 1. The van der Waals surface area contributed by atoms with Gasteiger partial charge in [-0.15, -0.1) is 0 Å². The van der Waals surface area contributed by atoms with Crippen LogP contribution in [-0.2, 0) is 4.79 Å². The summed E-state index contributed by atoms with van der Waals surface area (Å²) in [6.07, 6.45) is 9.06. The Balaban J connectivity index is 1.91. The Kier molecular flexibility index (Phi) is 2.99. The molecule has 0 aromatic heterocycles. The molecule has 3 aliphatic rings. The molecule has 4 N–H and O–H groups in total. The summed E-state index contributed by atoms with van der Waals surface area (Å²) in [5.74, 6) is 0.451. The first-order valence-corrected chi connectivity index (χ1v) is 7.25. The minimum Gasteiger partial charge on any atom is -0.403 e. The summed E-state index contributed by atoms with van der Waals surface area (Å²) in [7, 11) is 0. The van der Waals surface area contributed by atoms with E-state index in [1.54, 1.807) is 0 Å². The van der Waals surface area contributed by atoms with E-state index in [9.17, 15) is 4.79 Å². The smallest absolute Gasteiger partial charge is 0.232 e. The Bertz CT molecular complexity index is 433. The first-order chi connectivity index (χ1) is 9.16. The third-order valence-electron chi connectivity index (χ3n) is 4.99. The van der Waals surface area contributed by atoms with Gasteiger partial charge < -0.3 is 16.0 Å². The summed E-state index contributed by atoms with van der Waals surface area (Å²) >= 11 is 0. The first-order valence-electron chi connectivity index (χ1n) is 7.25. The standard InChI is InChI=1S/C14H22N4O/c15-8-11-12(16)18(10-4-1-2-5-10)9-14(6-3-7-14)13(19)17-11/h8,10,16H,1-7,9,15H2,(H,17,19)/b11-8+,16-12?. The zero-order valence-corrected chi connectivity index (χ0v) is 11.2. The van der Waals surface area contributed by atoms with Crippen molar-refractivity contribution in [3.05, 3.63) is 11.9 Å². The molecular formula is C14H22N4O. The van der Waals surface area contributed by atoms with Crippen molar-refractivity contribution in [2.75, 3.05) is 6.54 Å². The van der Waals surface area contributed by atoms with Crippen LogP contribution in [0.5, 0.6) is 0 Å². The Hall–Kier alpha value is -1.52. The third-order valence-corrected chi connectivity index (χ3v) is 4.99. The van der Waals surface area contributed by atoms with Gasteiger partial charge in [0.2, 0.25) is 5.91 Å². The average Bonchev–Trinajstić information content (AvgIpc) is 2.84. The predicted molar refractivity (Wildman–Crippen MR) is 73.4 cm³/mol. The first kappa shape index (κ1) is 12.5. The largest absolute Gasteiger partial charge is 0.403 e. The van der Waals surface area contributed by atoms with Gasteiger partial charge in [-0.25, -0.2) is 0 Å². The van der Waals surface area contributed by atoms with Gasteiger partial charge in [0.05, 0.1) is 11.1 Å². The fraction of sp³-hybridized carbons (Fsp3) is 0.714. The maximum atomic E-state index is 12.4. The number of amides is 1. The highest BCUT2D eigenvalue weighted by Crippen LogP contribution is 2.44. The van der Waals surface area contributed by atoms with Gasteiger partial charge >= 0.3 is 0 Å². The Labute approximate surface area is 113 Å². The molecule has 1 amide bonds. The van der Waals surface area contributed by atoms with Crippen LogP contribution in [-0.4, -0.2) is 29.2 Å². The van der Waals surface area contributed by atoms with Crippen molar-refractivity contribution in [3.63, 3.8) is 0 Å². The minimum absolute atomic E-state index is 0.0562. The molecule has 0 aromatic rings. The van der Waals surface area contributed by atoms with Crippen molar-refractivity contribution in [3.8, 4) is 0 Å². The molecule has 0 aromatic carbocycles. The van der Waals surface area contributed by atoms with Crippen LogP contribution >= 0.6 is 0 Å². The Morgan fingerprint density at radius 2 is 2.00 bits per heavy atom. The van der Waals surface area contributed by atoms with E-state index in [1.807, 2.05) is 0 Å². The number of amidine groups is 1. The van der Waals surface area contributed by atoms with Crippen LogP contribution in [0.2, 0.25) is 0 Å². The number of hydrogen-bond donors (Lipinski definition) is 3. The summed E-state index contributed by atoms with van der Waals surface area (Å²) in [6.45, 7) is 0.694. The van der Waals surface area contributed by atoms with E-state index < -0.39 is 0 Å². The highest BCUT2D eigenvalue weighted by Gasteiger charge is 2.49. The topological polar surface area (TPSA) is 82.2 Å². The number of nitrogens with one attached hydrogen (secondary N) is 2. The van der Waals surface area contributed by atoms with Gasteiger partial charge in [-0.2, -0.15) is 0 Å². The van der Waals surface area contributed by atoms with E-state index in [4.69, 9.17) is 11.1 Å². The number of carbonyl (C=O) groups is 1. The van der Waals surface area contributed by atoms with Gasteiger partial charge in [0.15, 0.2) is 0 Å². The number of nitrogens with two attached hydrogens (primary N) is 1. The molecule has 2 aliphatic carbocycles. The summed E-state index contributed by atoms with van der Waals surface area (Å²) < 4.78 is 0. The van der Waals surface area contributed by atoms with Crippen LogP contribution in [0.3, 0.4) is 0 Å². The molecule has 1 saturated heterocycles. The van der Waals surface area contributed by atoms with Crippen molar-refractivity contribution >= 4 is 11.7 Å². The molecule has 0 bridgehead atoms. The van der Waals surface area contributed by atoms with Crippen molar-refractivity contribution < 1.29 is 4.79 Å². The maximum absolute atomic E-state index is 12.4. The molecule has 1 aliphatic heterocycles. The van der Waals surface area contributed by atoms with E-state index in [1.165, 1.54) is 19.0 Å². The fourth-order valence-electron chi connectivity index (χ4n) is 3.58. The van der Waals surface area contributed by atoms with E-state index >= 15 is 0 Å². The Morgan fingerprint density at radius 3 is 2.53 bits per heavy atom. The minimum atomic E-state index is -0.278. The lowest BCUT2D eigenvalue weighted by molar-refractivity contribution is -0.135. The molecule has 0 radical (unpaired) electrons. The fourth-order valence-corrected chi connectivity index (χ4v) is 3.58. The quantitative estimate of drug-likeness (QED) is 0.666. The molecule has 1 heterocycles. The Morgan fingerprint density at radius 1 is 1.32 bits per heavy atom. The maximum Gasteiger partial charge on any atom is 0.232 e. The predicted octanol–water partition coefficient (Wildman–Crippen LogP) is 1.31. The molecule has 0 unspecified atom stereocenters. The van der Waals surface area contributed by atoms with Crippen LogP contribution in [0.4, 0.5) is 0 Å². The van der Waals surface area contributed by atoms with E-state index in [-0.39, 0.29) is 11.3 Å². The number of carbonyl (C=O) groups excluding carboxylic acids is 1. The lowest BCUT2D eigenvalue weighted by Crippen LogP contribution is -2.50. The van der Waals surface area contributed by atoms with Crippen LogP contribution in [0.15, 0.2) is 11.9 Å². The zero-order valence-electron chi connectivity index (χ0n) is 11.2. The van der Waals surface area contributed by atoms with Crippen molar-refractivity contribution in [1.82, 2.24) is 10.2 Å². The summed E-state index contributed by atoms with van der Waals surface area (Å²) in [5.41, 5.74) is 5.78. The normalized spacial score (nSPS) is 29.5. The molecule has 1 spiro atoms. The number of hydrogen-bond acceptors (Lipinski definition) is 3. The lowest BCUT2D eigenvalue weighted by atomic mass is 9.67. The summed E-state index contributed by atoms with van der Waals surface area (Å²) in [6, 6.07) is 0.410.